The zero-order valence-electron chi connectivity index (χ0n) is 19.0. The minimum absolute atomic E-state index is 0.0407. The zero-order valence-corrected chi connectivity index (χ0v) is 19.0. The second-order valence-electron chi connectivity index (χ2n) is 7.65. The molecular weight excluding hydrogens is 382 g/mol. The molecule has 0 aliphatic carbocycles. The highest BCUT2D eigenvalue weighted by Crippen LogP contribution is 2.27. The molecule has 0 aromatic heterocycles. The van der Waals surface area contributed by atoms with Crippen LogP contribution in [0.3, 0.4) is 0 Å². The predicted octanol–water partition coefficient (Wildman–Crippen LogP) is 1.35. The number of rotatable bonds is 10. The van der Waals surface area contributed by atoms with E-state index in [2.05, 4.69) is 20.5 Å². The molecule has 1 saturated heterocycles. The molecule has 1 unspecified atom stereocenters. The summed E-state index contributed by atoms with van der Waals surface area (Å²) in [6.45, 7) is 3.50. The molecule has 168 valence electrons. The first-order chi connectivity index (χ1) is 14.5. The number of methoxy groups -OCH3 is 2. The molecular formula is C22H37N5O3. The van der Waals surface area contributed by atoms with Crippen molar-refractivity contribution in [3.63, 3.8) is 0 Å². The maximum Gasteiger partial charge on any atom is 0.239 e. The molecule has 0 saturated carbocycles. The van der Waals surface area contributed by atoms with Crippen molar-refractivity contribution in [3.05, 3.63) is 23.8 Å². The van der Waals surface area contributed by atoms with Crippen molar-refractivity contribution in [2.45, 2.75) is 31.7 Å². The van der Waals surface area contributed by atoms with Crippen LogP contribution in [0.5, 0.6) is 11.5 Å². The molecule has 1 amide bonds. The summed E-state index contributed by atoms with van der Waals surface area (Å²) in [5.41, 5.74) is 1.17. The van der Waals surface area contributed by atoms with Crippen LogP contribution < -0.4 is 20.1 Å². The van der Waals surface area contributed by atoms with Gasteiger partial charge in [-0.05, 0) is 49.9 Å². The number of nitrogens with one attached hydrogen (secondary N) is 2. The molecule has 0 spiro atoms. The van der Waals surface area contributed by atoms with Gasteiger partial charge in [0.05, 0.1) is 20.3 Å². The lowest BCUT2D eigenvalue weighted by Gasteiger charge is -2.26. The van der Waals surface area contributed by atoms with Crippen LogP contribution in [0.1, 0.15) is 24.8 Å². The molecule has 1 aliphatic heterocycles. The van der Waals surface area contributed by atoms with E-state index in [-0.39, 0.29) is 11.9 Å². The van der Waals surface area contributed by atoms with Gasteiger partial charge in [-0.1, -0.05) is 6.07 Å². The lowest BCUT2D eigenvalue weighted by Crippen LogP contribution is -2.44. The summed E-state index contributed by atoms with van der Waals surface area (Å²) in [6.07, 6.45) is 3.87. The molecule has 1 aromatic rings. The molecule has 2 N–H and O–H groups in total. The number of carbonyl (C=O) groups is 1. The van der Waals surface area contributed by atoms with Crippen LogP contribution in [0.4, 0.5) is 0 Å². The first-order valence-electron chi connectivity index (χ1n) is 10.6. The summed E-state index contributed by atoms with van der Waals surface area (Å²) in [6, 6.07) is 6.01. The molecule has 30 heavy (non-hydrogen) atoms. The molecule has 0 radical (unpaired) electrons. The number of carbonyl (C=O) groups excluding carboxylic acids is 1. The van der Waals surface area contributed by atoms with Gasteiger partial charge in [-0.15, -0.1) is 0 Å². The molecule has 1 atom stereocenters. The third-order valence-corrected chi connectivity index (χ3v) is 5.38. The normalized spacial score (nSPS) is 17.0. The van der Waals surface area contributed by atoms with Crippen molar-refractivity contribution in [2.75, 3.05) is 61.5 Å². The van der Waals surface area contributed by atoms with Crippen molar-refractivity contribution < 1.29 is 14.3 Å². The van der Waals surface area contributed by atoms with Crippen LogP contribution in [-0.2, 0) is 11.2 Å². The van der Waals surface area contributed by atoms with Gasteiger partial charge in [0.25, 0.3) is 0 Å². The molecule has 0 bridgehead atoms. The van der Waals surface area contributed by atoms with E-state index >= 15 is 0 Å². The topological polar surface area (TPSA) is 78.4 Å². The number of amides is 1. The van der Waals surface area contributed by atoms with Crippen molar-refractivity contribution in [3.8, 4) is 11.5 Å². The van der Waals surface area contributed by atoms with Crippen molar-refractivity contribution in [1.82, 2.24) is 20.4 Å². The zero-order chi connectivity index (χ0) is 21.9. The van der Waals surface area contributed by atoms with E-state index in [0.717, 1.165) is 69.3 Å². The fourth-order valence-corrected chi connectivity index (χ4v) is 3.74. The van der Waals surface area contributed by atoms with E-state index in [1.807, 2.05) is 32.3 Å². The smallest absolute Gasteiger partial charge is 0.239 e. The van der Waals surface area contributed by atoms with E-state index in [1.165, 1.54) is 5.56 Å². The maximum atomic E-state index is 12.3. The number of likely N-dealkylation sites (N-methyl/N-ethyl adjacent to an activating group) is 1. The van der Waals surface area contributed by atoms with Gasteiger partial charge in [-0.2, -0.15) is 0 Å². The fourth-order valence-electron chi connectivity index (χ4n) is 3.74. The maximum absolute atomic E-state index is 12.3. The first kappa shape index (κ1) is 23.8. The number of hydrogen-bond acceptors (Lipinski definition) is 5. The SMILES string of the molecule is CN=C(NCCCN1CCCC1C(=O)N(C)C)NCCc1ccc(OC)c(OC)c1. The van der Waals surface area contributed by atoms with E-state index in [9.17, 15) is 4.79 Å². The second-order valence-corrected chi connectivity index (χ2v) is 7.65. The Morgan fingerprint density at radius 1 is 1.20 bits per heavy atom. The summed E-state index contributed by atoms with van der Waals surface area (Å²) in [7, 11) is 8.72. The summed E-state index contributed by atoms with van der Waals surface area (Å²) >= 11 is 0. The number of hydrogen-bond donors (Lipinski definition) is 2. The number of aliphatic imine (C=N–C) groups is 1. The summed E-state index contributed by atoms with van der Waals surface area (Å²) in [4.78, 5) is 20.6. The van der Waals surface area contributed by atoms with Gasteiger partial charge < -0.3 is 25.0 Å². The number of likely N-dealkylation sites (tertiary alicyclic amines) is 1. The Morgan fingerprint density at radius 2 is 1.93 bits per heavy atom. The lowest BCUT2D eigenvalue weighted by molar-refractivity contribution is -0.133. The van der Waals surface area contributed by atoms with Crippen LogP contribution in [0, 0.1) is 0 Å². The van der Waals surface area contributed by atoms with E-state index < -0.39 is 0 Å². The number of guanidine groups is 1. The molecule has 8 heteroatoms. The van der Waals surface area contributed by atoms with Gasteiger partial charge in [0.2, 0.25) is 5.91 Å². The van der Waals surface area contributed by atoms with Gasteiger partial charge in [0.1, 0.15) is 0 Å². The highest BCUT2D eigenvalue weighted by atomic mass is 16.5. The standard InChI is InChI=1S/C22H37N5O3/c1-23-22(25-13-11-17-9-10-19(29-4)20(16-17)30-5)24-12-7-15-27-14-6-8-18(27)21(28)26(2)3/h9-10,16,18H,6-8,11-15H2,1-5H3,(H2,23,24,25). The second kappa shape index (κ2) is 12.3. The Hall–Kier alpha value is -2.48. The minimum atomic E-state index is 0.0407. The quantitative estimate of drug-likeness (QED) is 0.339. The van der Waals surface area contributed by atoms with Crippen molar-refractivity contribution in [1.29, 1.82) is 0 Å². The van der Waals surface area contributed by atoms with Crippen LogP contribution in [0.2, 0.25) is 0 Å². The summed E-state index contributed by atoms with van der Waals surface area (Å²) < 4.78 is 10.6. The lowest BCUT2D eigenvalue weighted by atomic mass is 10.1. The Kier molecular flexibility index (Phi) is 9.73. The fraction of sp³-hybridized carbons (Fsp3) is 0.636. The first-order valence-corrected chi connectivity index (χ1v) is 10.6. The Balaban J connectivity index is 1.69. The summed E-state index contributed by atoms with van der Waals surface area (Å²) in [5.74, 6) is 2.48. The molecule has 1 aliphatic rings. The Labute approximate surface area is 180 Å². The van der Waals surface area contributed by atoms with Gasteiger partial charge in [0, 0.05) is 40.8 Å². The monoisotopic (exact) mass is 419 g/mol. The number of nitrogens with zero attached hydrogens (tertiary/aromatic N) is 3. The average Bonchev–Trinajstić information content (AvgIpc) is 3.22. The highest BCUT2D eigenvalue weighted by Gasteiger charge is 2.30. The van der Waals surface area contributed by atoms with Crippen LogP contribution in [0.15, 0.2) is 23.2 Å². The van der Waals surface area contributed by atoms with Crippen molar-refractivity contribution in [2.24, 2.45) is 4.99 Å². The van der Waals surface area contributed by atoms with Crippen LogP contribution >= 0.6 is 0 Å². The highest BCUT2D eigenvalue weighted by molar-refractivity contribution is 5.81. The average molecular weight is 420 g/mol. The van der Waals surface area contributed by atoms with E-state index in [0.29, 0.717) is 0 Å². The van der Waals surface area contributed by atoms with Gasteiger partial charge >= 0.3 is 0 Å². The van der Waals surface area contributed by atoms with Crippen molar-refractivity contribution >= 4 is 11.9 Å². The molecule has 1 heterocycles. The number of ether oxygens (including phenoxy) is 2. The van der Waals surface area contributed by atoms with Gasteiger partial charge in [-0.25, -0.2) is 0 Å². The van der Waals surface area contributed by atoms with E-state index in [4.69, 9.17) is 9.47 Å². The molecule has 1 fully saturated rings. The van der Waals surface area contributed by atoms with Crippen LogP contribution in [0.25, 0.3) is 0 Å². The molecule has 1 aromatic carbocycles. The molecule has 2 rings (SSSR count). The largest absolute Gasteiger partial charge is 0.493 e. The molecule has 8 nitrogen and oxygen atoms in total. The van der Waals surface area contributed by atoms with Gasteiger partial charge in [-0.3, -0.25) is 14.7 Å². The van der Waals surface area contributed by atoms with Gasteiger partial charge in [0.15, 0.2) is 17.5 Å². The van der Waals surface area contributed by atoms with Crippen LogP contribution in [-0.4, -0.2) is 89.3 Å². The Bertz CT molecular complexity index is 708. The third kappa shape index (κ3) is 6.79. The van der Waals surface area contributed by atoms with E-state index in [1.54, 1.807) is 26.2 Å². The predicted molar refractivity (Wildman–Crippen MR) is 121 cm³/mol. The number of benzene rings is 1. The summed E-state index contributed by atoms with van der Waals surface area (Å²) in [5, 5.41) is 6.71. The Morgan fingerprint density at radius 3 is 2.60 bits per heavy atom. The minimum Gasteiger partial charge on any atom is -0.493 e. The third-order valence-electron chi connectivity index (χ3n) is 5.38.